The fourth-order valence-electron chi connectivity index (χ4n) is 2.88. The van der Waals surface area contributed by atoms with Gasteiger partial charge < -0.3 is 10.4 Å². The molecule has 2 unspecified atom stereocenters. The van der Waals surface area contributed by atoms with Gasteiger partial charge in [-0.3, -0.25) is 9.59 Å². The lowest BCUT2D eigenvalue weighted by Gasteiger charge is -2.27. The molecular weight excluding hydrogens is 230 g/mol. The van der Waals surface area contributed by atoms with Crippen molar-refractivity contribution < 1.29 is 14.7 Å². The molecule has 0 spiro atoms. The second-order valence-corrected chi connectivity index (χ2v) is 5.71. The summed E-state index contributed by atoms with van der Waals surface area (Å²) >= 11 is 0. The molecule has 0 aliphatic heterocycles. The predicted molar refractivity (Wildman–Crippen MR) is 68.1 cm³/mol. The highest BCUT2D eigenvalue weighted by Gasteiger charge is 2.35. The van der Waals surface area contributed by atoms with Gasteiger partial charge in [0, 0.05) is 6.54 Å². The molecule has 2 N–H and O–H groups in total. The molecule has 0 aromatic rings. The van der Waals surface area contributed by atoms with Crippen molar-refractivity contribution in [3.05, 3.63) is 0 Å². The fraction of sp³-hybridized carbons (Fsp3) is 0.857. The zero-order valence-corrected chi connectivity index (χ0v) is 10.9. The Morgan fingerprint density at radius 1 is 1.06 bits per heavy atom. The van der Waals surface area contributed by atoms with Crippen LogP contribution in [-0.4, -0.2) is 23.5 Å². The van der Waals surface area contributed by atoms with Crippen molar-refractivity contribution in [1.82, 2.24) is 5.32 Å². The maximum absolute atomic E-state index is 12.0. The van der Waals surface area contributed by atoms with Crippen LogP contribution in [0.5, 0.6) is 0 Å². The quantitative estimate of drug-likeness (QED) is 0.713. The molecule has 2 aliphatic rings. The van der Waals surface area contributed by atoms with Crippen LogP contribution in [-0.2, 0) is 9.59 Å². The van der Waals surface area contributed by atoms with Crippen molar-refractivity contribution in [2.75, 3.05) is 6.54 Å². The average molecular weight is 253 g/mol. The van der Waals surface area contributed by atoms with Gasteiger partial charge in [0.05, 0.1) is 11.8 Å². The molecule has 0 saturated heterocycles. The summed E-state index contributed by atoms with van der Waals surface area (Å²) in [6.45, 7) is 0.707. The Hall–Kier alpha value is -1.06. The van der Waals surface area contributed by atoms with E-state index < -0.39 is 11.9 Å². The molecule has 2 saturated carbocycles. The lowest BCUT2D eigenvalue weighted by Crippen LogP contribution is -2.40. The molecule has 102 valence electrons. The van der Waals surface area contributed by atoms with Gasteiger partial charge in [-0.25, -0.2) is 0 Å². The van der Waals surface area contributed by atoms with Gasteiger partial charge in [0.2, 0.25) is 5.91 Å². The monoisotopic (exact) mass is 253 g/mol. The van der Waals surface area contributed by atoms with Crippen molar-refractivity contribution >= 4 is 11.9 Å². The Morgan fingerprint density at radius 2 is 1.72 bits per heavy atom. The topological polar surface area (TPSA) is 66.4 Å². The molecule has 1 amide bonds. The number of carboxylic acid groups (broad SMARTS) is 1. The normalized spacial score (nSPS) is 27.8. The molecule has 18 heavy (non-hydrogen) atoms. The first-order valence-electron chi connectivity index (χ1n) is 7.19. The number of aliphatic carboxylic acids is 1. The molecular formula is C14H23NO3. The van der Waals surface area contributed by atoms with Gasteiger partial charge in [-0.15, -0.1) is 0 Å². The Balaban J connectivity index is 1.72. The molecule has 0 bridgehead atoms. The van der Waals surface area contributed by atoms with E-state index in [0.717, 1.165) is 31.6 Å². The first-order valence-corrected chi connectivity index (χ1v) is 7.19. The third-order valence-electron chi connectivity index (χ3n) is 4.21. The Kier molecular flexibility index (Phi) is 4.61. The van der Waals surface area contributed by atoms with Crippen molar-refractivity contribution in [3.8, 4) is 0 Å². The van der Waals surface area contributed by atoms with Gasteiger partial charge >= 0.3 is 5.97 Å². The van der Waals surface area contributed by atoms with E-state index in [1.54, 1.807) is 0 Å². The minimum atomic E-state index is -0.812. The first kappa shape index (κ1) is 13.4. The molecule has 0 aromatic heterocycles. The first-order chi connectivity index (χ1) is 8.68. The highest BCUT2D eigenvalue weighted by Crippen LogP contribution is 2.33. The Bertz CT molecular complexity index is 312. The van der Waals surface area contributed by atoms with E-state index in [2.05, 4.69) is 5.32 Å². The minimum absolute atomic E-state index is 0.0436. The zero-order chi connectivity index (χ0) is 13.0. The lowest BCUT2D eigenvalue weighted by atomic mass is 9.78. The molecule has 2 atom stereocenters. The summed E-state index contributed by atoms with van der Waals surface area (Å²) in [5.41, 5.74) is 0. The van der Waals surface area contributed by atoms with Gasteiger partial charge in [-0.2, -0.15) is 0 Å². The maximum Gasteiger partial charge on any atom is 0.307 e. The molecule has 2 aliphatic carbocycles. The molecule has 0 aromatic carbocycles. The van der Waals surface area contributed by atoms with Crippen molar-refractivity contribution in [1.29, 1.82) is 0 Å². The SMILES string of the molecule is O=C(O)C1CCCCC1C(=O)NCCCC1CC1. The molecule has 2 rings (SSSR count). The summed E-state index contributed by atoms with van der Waals surface area (Å²) in [6, 6.07) is 0. The highest BCUT2D eigenvalue weighted by atomic mass is 16.4. The third-order valence-corrected chi connectivity index (χ3v) is 4.21. The van der Waals surface area contributed by atoms with E-state index in [4.69, 9.17) is 5.11 Å². The van der Waals surface area contributed by atoms with E-state index in [0.29, 0.717) is 13.0 Å². The number of hydrogen-bond acceptors (Lipinski definition) is 2. The van der Waals surface area contributed by atoms with Gasteiger partial charge in [0.25, 0.3) is 0 Å². The van der Waals surface area contributed by atoms with E-state index in [9.17, 15) is 9.59 Å². The summed E-state index contributed by atoms with van der Waals surface area (Å²) < 4.78 is 0. The van der Waals surface area contributed by atoms with E-state index in [-0.39, 0.29) is 11.8 Å². The number of nitrogens with one attached hydrogen (secondary N) is 1. The highest BCUT2D eigenvalue weighted by molar-refractivity contribution is 5.84. The lowest BCUT2D eigenvalue weighted by molar-refractivity contribution is -0.148. The number of rotatable bonds is 6. The second kappa shape index (κ2) is 6.21. The van der Waals surface area contributed by atoms with Crippen LogP contribution in [0.3, 0.4) is 0 Å². The summed E-state index contributed by atoms with van der Waals surface area (Å²) in [7, 11) is 0. The van der Waals surface area contributed by atoms with Crippen LogP contribution in [0.25, 0.3) is 0 Å². The number of amides is 1. The zero-order valence-electron chi connectivity index (χ0n) is 10.9. The molecule has 0 heterocycles. The van der Waals surface area contributed by atoms with Crippen molar-refractivity contribution in [3.63, 3.8) is 0 Å². The summed E-state index contributed by atoms with van der Waals surface area (Å²) in [5.74, 6) is -0.742. The summed E-state index contributed by atoms with van der Waals surface area (Å²) in [5, 5.41) is 12.0. The smallest absolute Gasteiger partial charge is 0.307 e. The van der Waals surface area contributed by atoms with Crippen LogP contribution in [0.15, 0.2) is 0 Å². The van der Waals surface area contributed by atoms with Crippen LogP contribution < -0.4 is 5.32 Å². The van der Waals surface area contributed by atoms with Gasteiger partial charge in [-0.05, 0) is 31.6 Å². The van der Waals surface area contributed by atoms with Crippen LogP contribution in [0, 0.1) is 17.8 Å². The van der Waals surface area contributed by atoms with Crippen molar-refractivity contribution in [2.24, 2.45) is 17.8 Å². The molecule has 4 heteroatoms. The van der Waals surface area contributed by atoms with E-state index in [1.807, 2.05) is 0 Å². The number of carbonyl (C=O) groups excluding carboxylic acids is 1. The van der Waals surface area contributed by atoms with Crippen LogP contribution in [0.2, 0.25) is 0 Å². The molecule has 4 nitrogen and oxygen atoms in total. The van der Waals surface area contributed by atoms with Crippen LogP contribution >= 0.6 is 0 Å². The van der Waals surface area contributed by atoms with Gasteiger partial charge in [0.15, 0.2) is 0 Å². The largest absolute Gasteiger partial charge is 0.481 e. The van der Waals surface area contributed by atoms with Crippen molar-refractivity contribution in [2.45, 2.75) is 51.4 Å². The number of hydrogen-bond donors (Lipinski definition) is 2. The number of carbonyl (C=O) groups is 2. The number of carboxylic acids is 1. The van der Waals surface area contributed by atoms with E-state index in [1.165, 1.54) is 19.3 Å². The molecule has 2 fully saturated rings. The minimum Gasteiger partial charge on any atom is -0.481 e. The van der Waals surface area contributed by atoms with Gasteiger partial charge in [-0.1, -0.05) is 25.7 Å². The third kappa shape index (κ3) is 3.72. The summed E-state index contributed by atoms with van der Waals surface area (Å²) in [6.07, 6.45) is 8.21. The van der Waals surface area contributed by atoms with Crippen LogP contribution in [0.4, 0.5) is 0 Å². The van der Waals surface area contributed by atoms with Crippen LogP contribution in [0.1, 0.15) is 51.4 Å². The summed E-state index contributed by atoms with van der Waals surface area (Å²) in [4.78, 5) is 23.1. The fourth-order valence-corrected chi connectivity index (χ4v) is 2.88. The maximum atomic E-state index is 12.0. The second-order valence-electron chi connectivity index (χ2n) is 5.71. The standard InChI is InChI=1S/C14H23NO3/c16-13(15-9-3-4-10-7-8-10)11-5-1-2-6-12(11)14(17)18/h10-12H,1-9H2,(H,15,16)(H,17,18). The Morgan fingerprint density at radius 3 is 2.33 bits per heavy atom. The predicted octanol–water partition coefficient (Wildman–Crippen LogP) is 2.18. The van der Waals surface area contributed by atoms with Gasteiger partial charge in [0.1, 0.15) is 0 Å². The van der Waals surface area contributed by atoms with E-state index >= 15 is 0 Å². The molecule has 0 radical (unpaired) electrons. The average Bonchev–Trinajstić information content (AvgIpc) is 3.18. The Labute approximate surface area is 108 Å².